The molecule has 0 aliphatic heterocycles. The Bertz CT molecular complexity index is 586. The number of benzene rings is 1. The Morgan fingerprint density at radius 3 is 2.45 bits per heavy atom. The summed E-state index contributed by atoms with van der Waals surface area (Å²) in [6.07, 6.45) is 5.12. The number of hydrogen-bond acceptors (Lipinski definition) is 3. The zero-order chi connectivity index (χ0) is 16.5. The molecule has 0 aliphatic carbocycles. The number of anilines is 1. The maximum Gasteiger partial charge on any atom is 0.130 e. The number of hydrogen-bond donors (Lipinski definition) is 0. The van der Waals surface area contributed by atoms with Crippen molar-refractivity contribution in [2.75, 3.05) is 11.4 Å². The molecule has 22 heavy (non-hydrogen) atoms. The summed E-state index contributed by atoms with van der Waals surface area (Å²) < 4.78 is 0. The molecule has 0 spiro atoms. The lowest BCUT2D eigenvalue weighted by atomic mass is 10.0. The molecule has 0 aromatic heterocycles. The van der Waals surface area contributed by atoms with Gasteiger partial charge in [-0.1, -0.05) is 26.3 Å². The van der Waals surface area contributed by atoms with Crippen LogP contribution in [0.1, 0.15) is 51.2 Å². The monoisotopic (exact) mass is 295 g/mol. The Balaban J connectivity index is 3.11. The number of nitriles is 2. The molecule has 0 N–H and O–H groups in total. The first-order chi connectivity index (χ1) is 10.6. The molecule has 1 aromatic rings. The van der Waals surface area contributed by atoms with Gasteiger partial charge in [0.05, 0.1) is 0 Å². The van der Waals surface area contributed by atoms with E-state index in [0.29, 0.717) is 6.04 Å². The molecule has 0 aliphatic rings. The Morgan fingerprint density at radius 2 is 1.95 bits per heavy atom. The summed E-state index contributed by atoms with van der Waals surface area (Å²) in [5.74, 6) is 0. The molecule has 116 valence electrons. The number of unbranched alkanes of at least 4 members (excludes halogenated alkanes) is 1. The Hall–Kier alpha value is -2.26. The van der Waals surface area contributed by atoms with Crippen LogP contribution in [0, 0.1) is 29.6 Å². The molecule has 0 amide bonds. The highest BCUT2D eigenvalue weighted by Gasteiger charge is 2.13. The van der Waals surface area contributed by atoms with Crippen molar-refractivity contribution in [3.05, 3.63) is 34.9 Å². The van der Waals surface area contributed by atoms with E-state index < -0.39 is 0 Å². The van der Waals surface area contributed by atoms with E-state index in [9.17, 15) is 0 Å². The molecule has 3 heteroatoms. The van der Waals surface area contributed by atoms with Gasteiger partial charge in [0, 0.05) is 18.3 Å². The molecular formula is C19H25N3. The van der Waals surface area contributed by atoms with E-state index in [-0.39, 0.29) is 5.57 Å². The molecule has 0 saturated heterocycles. The van der Waals surface area contributed by atoms with Gasteiger partial charge in [-0.05, 0) is 56.0 Å². The number of allylic oxidation sites excluding steroid dienone is 1. The third kappa shape index (κ3) is 4.64. The van der Waals surface area contributed by atoms with Crippen molar-refractivity contribution in [3.63, 3.8) is 0 Å². The first kappa shape index (κ1) is 17.8. The van der Waals surface area contributed by atoms with Crippen LogP contribution in [0.4, 0.5) is 5.69 Å². The second-order valence-corrected chi connectivity index (χ2v) is 5.63. The van der Waals surface area contributed by atoms with E-state index in [2.05, 4.69) is 37.8 Å². The molecular weight excluding hydrogens is 270 g/mol. The average Bonchev–Trinajstić information content (AvgIpc) is 2.54. The minimum absolute atomic E-state index is 0.139. The van der Waals surface area contributed by atoms with E-state index >= 15 is 0 Å². The average molecular weight is 295 g/mol. The van der Waals surface area contributed by atoms with Crippen molar-refractivity contribution >= 4 is 11.8 Å². The zero-order valence-electron chi connectivity index (χ0n) is 14.1. The fourth-order valence-corrected chi connectivity index (χ4v) is 2.40. The molecule has 1 aromatic carbocycles. The van der Waals surface area contributed by atoms with Gasteiger partial charge in [-0.3, -0.25) is 0 Å². The van der Waals surface area contributed by atoms with Crippen LogP contribution in [0.5, 0.6) is 0 Å². The number of aryl methyl sites for hydroxylation is 1. The summed E-state index contributed by atoms with van der Waals surface area (Å²) in [4.78, 5) is 2.44. The van der Waals surface area contributed by atoms with Gasteiger partial charge in [0.1, 0.15) is 17.7 Å². The van der Waals surface area contributed by atoms with Crippen molar-refractivity contribution in [2.24, 2.45) is 0 Å². The van der Waals surface area contributed by atoms with Gasteiger partial charge in [-0.25, -0.2) is 0 Å². The van der Waals surface area contributed by atoms with Crippen molar-refractivity contribution in [3.8, 4) is 12.1 Å². The third-order valence-corrected chi connectivity index (χ3v) is 4.00. The smallest absolute Gasteiger partial charge is 0.130 e. The van der Waals surface area contributed by atoms with Crippen LogP contribution in [-0.2, 0) is 0 Å². The van der Waals surface area contributed by atoms with Crippen LogP contribution in [0.15, 0.2) is 23.8 Å². The van der Waals surface area contributed by atoms with Gasteiger partial charge in [0.25, 0.3) is 0 Å². The molecule has 0 bridgehead atoms. The predicted molar refractivity (Wildman–Crippen MR) is 92.4 cm³/mol. The first-order valence-electron chi connectivity index (χ1n) is 7.96. The molecule has 1 atom stereocenters. The van der Waals surface area contributed by atoms with E-state index in [0.717, 1.165) is 24.1 Å². The summed E-state index contributed by atoms with van der Waals surface area (Å²) in [6.45, 7) is 9.75. The molecule has 1 rings (SSSR count). The Kier molecular flexibility index (Phi) is 7.20. The standard InChI is InChI=1S/C19H25N3/c1-5-7-10-22(16(4)6-2)19-9-8-18(15(3)11-19)12-17(13-20)14-21/h8-9,11-12,16H,5-7,10H2,1-4H3. The lowest BCUT2D eigenvalue weighted by Gasteiger charge is -2.31. The maximum atomic E-state index is 8.87. The van der Waals surface area contributed by atoms with Crippen LogP contribution in [-0.4, -0.2) is 12.6 Å². The SMILES string of the molecule is CCCCN(c1ccc(C=C(C#N)C#N)c(C)c1)C(C)CC. The van der Waals surface area contributed by atoms with E-state index in [1.54, 1.807) is 6.08 Å². The summed E-state index contributed by atoms with van der Waals surface area (Å²) in [6, 6.07) is 10.6. The maximum absolute atomic E-state index is 8.87. The zero-order valence-corrected chi connectivity index (χ0v) is 14.1. The normalized spacial score (nSPS) is 11.2. The van der Waals surface area contributed by atoms with Crippen LogP contribution in [0.25, 0.3) is 6.08 Å². The summed E-state index contributed by atoms with van der Waals surface area (Å²) in [5, 5.41) is 17.7. The number of rotatable bonds is 7. The van der Waals surface area contributed by atoms with Crippen molar-refractivity contribution in [1.82, 2.24) is 0 Å². The number of nitrogens with zero attached hydrogens (tertiary/aromatic N) is 3. The second-order valence-electron chi connectivity index (χ2n) is 5.63. The first-order valence-corrected chi connectivity index (χ1v) is 7.96. The van der Waals surface area contributed by atoms with E-state index in [1.165, 1.54) is 18.5 Å². The quantitative estimate of drug-likeness (QED) is 0.677. The minimum Gasteiger partial charge on any atom is -0.369 e. The Labute approximate surface area is 134 Å². The van der Waals surface area contributed by atoms with Gasteiger partial charge in [-0.2, -0.15) is 10.5 Å². The minimum atomic E-state index is 0.139. The lowest BCUT2D eigenvalue weighted by Crippen LogP contribution is -2.33. The molecule has 1 unspecified atom stereocenters. The van der Waals surface area contributed by atoms with Gasteiger partial charge in [0.2, 0.25) is 0 Å². The highest BCUT2D eigenvalue weighted by molar-refractivity contribution is 5.66. The molecule has 0 radical (unpaired) electrons. The molecule has 0 fully saturated rings. The predicted octanol–water partition coefficient (Wildman–Crippen LogP) is 4.83. The van der Waals surface area contributed by atoms with Crippen LogP contribution >= 0.6 is 0 Å². The molecule has 0 saturated carbocycles. The van der Waals surface area contributed by atoms with Crippen molar-refractivity contribution in [1.29, 1.82) is 10.5 Å². The van der Waals surface area contributed by atoms with Gasteiger partial charge >= 0.3 is 0 Å². The molecule has 0 heterocycles. The largest absolute Gasteiger partial charge is 0.369 e. The van der Waals surface area contributed by atoms with Gasteiger partial charge < -0.3 is 4.90 Å². The summed E-state index contributed by atoms with van der Waals surface area (Å²) in [5.41, 5.74) is 3.38. The van der Waals surface area contributed by atoms with Crippen LogP contribution in [0.3, 0.4) is 0 Å². The van der Waals surface area contributed by atoms with E-state index in [4.69, 9.17) is 10.5 Å². The summed E-state index contributed by atoms with van der Waals surface area (Å²) in [7, 11) is 0. The second kappa shape index (κ2) is 8.90. The van der Waals surface area contributed by atoms with Crippen molar-refractivity contribution in [2.45, 2.75) is 53.0 Å². The highest BCUT2D eigenvalue weighted by atomic mass is 15.2. The fourth-order valence-electron chi connectivity index (χ4n) is 2.40. The van der Waals surface area contributed by atoms with Crippen LogP contribution < -0.4 is 4.90 Å². The van der Waals surface area contributed by atoms with Gasteiger partial charge in [-0.15, -0.1) is 0 Å². The van der Waals surface area contributed by atoms with Gasteiger partial charge in [0.15, 0.2) is 0 Å². The summed E-state index contributed by atoms with van der Waals surface area (Å²) >= 11 is 0. The van der Waals surface area contributed by atoms with Crippen LogP contribution in [0.2, 0.25) is 0 Å². The fraction of sp³-hybridized carbons (Fsp3) is 0.474. The lowest BCUT2D eigenvalue weighted by molar-refractivity contribution is 0.595. The highest BCUT2D eigenvalue weighted by Crippen LogP contribution is 2.24. The van der Waals surface area contributed by atoms with E-state index in [1.807, 2.05) is 25.1 Å². The topological polar surface area (TPSA) is 50.8 Å². The Morgan fingerprint density at radius 1 is 1.27 bits per heavy atom. The third-order valence-electron chi connectivity index (χ3n) is 4.00. The molecule has 3 nitrogen and oxygen atoms in total. The van der Waals surface area contributed by atoms with Crippen molar-refractivity contribution < 1.29 is 0 Å².